The highest BCUT2D eigenvalue weighted by atomic mass is 16.5. The number of aromatic hydroxyl groups is 1. The van der Waals surface area contributed by atoms with Crippen LogP contribution in [0, 0.1) is 70.5 Å². The monoisotopic (exact) mass is 1040 g/mol. The van der Waals surface area contributed by atoms with E-state index in [1.165, 1.54) is 29.5 Å². The molecule has 13 rings (SSSR count). The molecular formula is C65H77N5O7. The van der Waals surface area contributed by atoms with Crippen LogP contribution < -0.4 is 26.4 Å². The summed E-state index contributed by atoms with van der Waals surface area (Å²) < 4.78 is 5.61. The Balaban J connectivity index is 0.832. The van der Waals surface area contributed by atoms with Gasteiger partial charge in [-0.05, 0) is 186 Å². The number of ether oxygens (including phenoxy) is 1. The number of ketones is 2. The van der Waals surface area contributed by atoms with Crippen molar-refractivity contribution in [2.24, 2.45) is 64.4 Å². The van der Waals surface area contributed by atoms with E-state index in [0.29, 0.717) is 84.4 Å². The first-order chi connectivity index (χ1) is 37.4. The van der Waals surface area contributed by atoms with Crippen molar-refractivity contribution in [2.45, 2.75) is 126 Å². The highest BCUT2D eigenvalue weighted by Crippen LogP contribution is 2.69. The smallest absolute Gasteiger partial charge is 0.160 e. The Kier molecular flexibility index (Phi) is 13.1. The molecule has 0 amide bonds. The van der Waals surface area contributed by atoms with Crippen molar-refractivity contribution in [3.63, 3.8) is 0 Å². The summed E-state index contributed by atoms with van der Waals surface area (Å²) in [4.78, 5) is 32.9. The maximum Gasteiger partial charge on any atom is 0.160 e. The Morgan fingerprint density at radius 2 is 1.75 bits per heavy atom. The number of aromatic nitrogens is 1. The number of H-pyrrole nitrogens is 1. The molecule has 2 aliphatic heterocycles. The number of allylic oxidation sites excluding steroid dienone is 3. The third kappa shape index (κ3) is 8.18. The van der Waals surface area contributed by atoms with E-state index < -0.39 is 29.6 Å². The average molecular weight is 1040 g/mol. The second kappa shape index (κ2) is 19.9. The number of nitrogens with two attached hydrogens (primary N) is 1. The van der Waals surface area contributed by atoms with E-state index in [1.54, 1.807) is 12.1 Å². The molecule has 4 aromatic rings. The van der Waals surface area contributed by atoms with Crippen LogP contribution in [0.25, 0.3) is 16.8 Å². The lowest BCUT2D eigenvalue weighted by atomic mass is 9.39. The number of hydrogen-bond acceptors (Lipinski definition) is 11. The fourth-order valence-electron chi connectivity index (χ4n) is 18.1. The number of carbonyl (C=O) groups excluding carboxylic acids is 2. The third-order valence-corrected chi connectivity index (χ3v) is 21.5. The molecule has 5 fully saturated rings. The van der Waals surface area contributed by atoms with Gasteiger partial charge in [-0.3, -0.25) is 9.59 Å². The van der Waals surface area contributed by atoms with Gasteiger partial charge in [-0.25, -0.2) is 0 Å². The van der Waals surface area contributed by atoms with Gasteiger partial charge in [0.05, 0.1) is 31.2 Å². The number of rotatable bonds is 12. The van der Waals surface area contributed by atoms with Crippen molar-refractivity contribution in [3.8, 4) is 23.3 Å². The van der Waals surface area contributed by atoms with Gasteiger partial charge in [0.1, 0.15) is 11.2 Å². The van der Waals surface area contributed by atoms with E-state index in [1.807, 2.05) is 18.2 Å². The maximum absolute atomic E-state index is 15.2. The number of nitrogens with one attached hydrogen (secondary N) is 4. The molecule has 9 aliphatic rings. The Labute approximate surface area is 452 Å². The van der Waals surface area contributed by atoms with Crippen LogP contribution in [0.15, 0.2) is 89.9 Å². The van der Waals surface area contributed by atoms with Crippen LogP contribution in [-0.4, -0.2) is 94.6 Å². The van der Waals surface area contributed by atoms with Gasteiger partial charge in [-0.1, -0.05) is 80.3 Å². The molecule has 18 atom stereocenters. The molecule has 1 aromatic heterocycles. The summed E-state index contributed by atoms with van der Waals surface area (Å²) in [6.07, 6.45) is 10.3. The minimum absolute atomic E-state index is 0.0344. The lowest BCUT2D eigenvalue weighted by Gasteiger charge is -2.67. The van der Waals surface area contributed by atoms with Gasteiger partial charge in [0, 0.05) is 66.9 Å². The average Bonchev–Trinajstić information content (AvgIpc) is 4.13. The largest absolute Gasteiger partial charge is 0.504 e. The molecule has 1 saturated heterocycles. The first-order valence-corrected chi connectivity index (χ1v) is 29.2. The van der Waals surface area contributed by atoms with Gasteiger partial charge < -0.3 is 51.8 Å². The first kappa shape index (κ1) is 50.8. The van der Waals surface area contributed by atoms with E-state index >= 15 is 4.79 Å². The molecule has 77 heavy (non-hydrogen) atoms. The fraction of sp³-hybridized carbons (Fsp3) is 0.538. The number of carbonyl (C=O) groups is 2. The minimum Gasteiger partial charge on any atom is -0.504 e. The molecule has 0 radical (unpaired) electrons. The number of aliphatic hydroxyl groups is 3. The zero-order chi connectivity index (χ0) is 53.0. The number of methoxy groups -OCH3 is 1. The van der Waals surface area contributed by atoms with Gasteiger partial charge in [0.15, 0.2) is 17.3 Å². The molecule has 10 N–H and O–H groups in total. The number of aryl methyl sites for hydroxylation is 1. The van der Waals surface area contributed by atoms with E-state index in [-0.39, 0.29) is 72.2 Å². The minimum atomic E-state index is -1.32. The van der Waals surface area contributed by atoms with Gasteiger partial charge in [0.25, 0.3) is 0 Å². The van der Waals surface area contributed by atoms with Crippen molar-refractivity contribution in [1.82, 2.24) is 20.9 Å². The number of phenolic OH excluding ortho intramolecular Hbond substituents is 1. The molecular weight excluding hydrogens is 963 g/mol. The summed E-state index contributed by atoms with van der Waals surface area (Å²) in [5.41, 5.74) is 13.8. The van der Waals surface area contributed by atoms with Gasteiger partial charge in [-0.2, -0.15) is 0 Å². The zero-order valence-electron chi connectivity index (χ0n) is 44.8. The summed E-state index contributed by atoms with van der Waals surface area (Å²) in [7, 11) is 1.51. The Bertz CT molecular complexity index is 3160. The number of aliphatic hydroxyl groups excluding tert-OH is 3. The van der Waals surface area contributed by atoms with Crippen LogP contribution in [-0.2, 0) is 16.0 Å². The van der Waals surface area contributed by atoms with E-state index in [0.717, 1.165) is 72.8 Å². The van der Waals surface area contributed by atoms with Gasteiger partial charge in [0.2, 0.25) is 0 Å². The summed E-state index contributed by atoms with van der Waals surface area (Å²) in [5.74, 6) is 10.1. The number of phenols is 1. The second-order valence-corrected chi connectivity index (χ2v) is 24.7. The maximum atomic E-state index is 15.2. The number of fused-ring (bicyclic) bond motifs is 7. The number of dihydropyridines is 1. The fourth-order valence-corrected chi connectivity index (χ4v) is 18.1. The van der Waals surface area contributed by atoms with E-state index in [4.69, 9.17) is 10.5 Å². The summed E-state index contributed by atoms with van der Waals surface area (Å²) in [5, 5.41) is 62.6. The molecule has 404 valence electrons. The van der Waals surface area contributed by atoms with Crippen molar-refractivity contribution < 1.29 is 34.8 Å². The number of hydrogen-bond donors (Lipinski definition) is 9. The lowest BCUT2D eigenvalue weighted by Crippen LogP contribution is -2.68. The van der Waals surface area contributed by atoms with Crippen LogP contribution >= 0.6 is 0 Å². The van der Waals surface area contributed by atoms with Crippen LogP contribution in [0.1, 0.15) is 129 Å². The Morgan fingerprint density at radius 3 is 2.57 bits per heavy atom. The third-order valence-electron chi connectivity index (χ3n) is 21.5. The molecule has 4 saturated carbocycles. The van der Waals surface area contributed by atoms with Crippen molar-refractivity contribution in [2.75, 3.05) is 33.3 Å². The zero-order valence-corrected chi connectivity index (χ0v) is 44.8. The Hall–Kier alpha value is -5.68. The predicted octanol–water partition coefficient (Wildman–Crippen LogP) is 7.84. The summed E-state index contributed by atoms with van der Waals surface area (Å²) in [6, 6.07) is 18.2. The van der Waals surface area contributed by atoms with Crippen LogP contribution in [0.5, 0.6) is 11.5 Å². The van der Waals surface area contributed by atoms with Crippen molar-refractivity contribution in [3.05, 3.63) is 123 Å². The molecule has 0 bridgehead atoms. The molecule has 1 spiro atoms. The number of aromatic amines is 1. The summed E-state index contributed by atoms with van der Waals surface area (Å²) >= 11 is 0. The second-order valence-electron chi connectivity index (χ2n) is 24.7. The van der Waals surface area contributed by atoms with Gasteiger partial charge >= 0.3 is 0 Å². The highest BCUT2D eigenvalue weighted by Gasteiger charge is 2.67. The van der Waals surface area contributed by atoms with Crippen LogP contribution in [0.2, 0.25) is 0 Å². The molecule has 12 heteroatoms. The standard InChI is InChI=1S/C65H77N5O7/c1-4-33-29-69-56(66)27-46(33)45(36-11-10-34-8-6-7-9-35(34)22-36)26-52(73)51(72)23-38-18-20-65(55(75)17-13-37-24-54(77-3)53(74)25-44(37)38)21-19-41-42(64(65)76)16-15-40-47-32-68-49-28-50(71)43-14-12-39-30-70-63-57(39)59(43)62(49)60(47)61(63)48(58(40)41)31-67-5-2/h6-12,14,22,24-25,27,30,38,40-43,45,47-49,51-52,58-62,64,67-70,72-74,76H,4-5,13,15-17,19,21,23,26,28-29,31-32,66H2,1-3H3. The number of Topliss-reactive ketones (excluding diaryl/α,β-unsaturated/α-hetero) is 2. The number of piperidine rings is 1. The van der Waals surface area contributed by atoms with Crippen molar-refractivity contribution >= 4 is 28.4 Å². The Morgan fingerprint density at radius 1 is 0.935 bits per heavy atom. The summed E-state index contributed by atoms with van der Waals surface area (Å²) in [6.45, 7) is 7.56. The molecule has 12 nitrogen and oxygen atoms in total. The molecule has 3 heterocycles. The normalized spacial score (nSPS) is 35.6. The lowest BCUT2D eigenvalue weighted by molar-refractivity contribution is -0.166. The first-order valence-electron chi connectivity index (χ1n) is 29.2. The molecule has 7 aliphatic carbocycles. The SMILES string of the molecule is CCNCC1C2c3[nH]cc4c3C3C(C=C4)C(=O)CC4NCC(C5CCC6C(CCC7(C#CC(CC(O)C(O)CC(C8=C(CC)CNC(N)=C8)c8ccc9ccccc9c8)c8cc(O)c(OC)cc8CCC7=O)C6O)C51)C2C43. The molecule has 3 aromatic carbocycles. The molecule has 18 unspecified atom stereocenters. The van der Waals surface area contributed by atoms with E-state index in [9.17, 15) is 25.2 Å². The van der Waals surface area contributed by atoms with Crippen LogP contribution in [0.4, 0.5) is 0 Å². The topological polar surface area (TPSA) is 202 Å². The predicted molar refractivity (Wildman–Crippen MR) is 298 cm³/mol. The van der Waals surface area contributed by atoms with Crippen LogP contribution in [0.3, 0.4) is 0 Å². The highest BCUT2D eigenvalue weighted by molar-refractivity contribution is 5.90. The van der Waals surface area contributed by atoms with Crippen molar-refractivity contribution in [1.29, 1.82) is 0 Å². The quantitative estimate of drug-likeness (QED) is 0.0626. The van der Waals surface area contributed by atoms with Gasteiger partial charge in [-0.15, -0.1) is 0 Å². The number of benzene rings is 3. The van der Waals surface area contributed by atoms with E-state index in [2.05, 4.69) is 95.3 Å².